The molecule has 2 fully saturated rings. The lowest BCUT2D eigenvalue weighted by atomic mass is 9.92. The minimum absolute atomic E-state index is 0.0585. The molecule has 1 N–H and O–H groups in total. The average molecular weight is 334 g/mol. The van der Waals surface area contributed by atoms with Crippen LogP contribution in [0.1, 0.15) is 34.1 Å². The number of nitrogens with zero attached hydrogens (tertiary/aromatic N) is 1. The quantitative estimate of drug-likeness (QED) is 0.827. The van der Waals surface area contributed by atoms with E-state index < -0.39 is 21.7 Å². The van der Waals surface area contributed by atoms with Crippen LogP contribution >= 0.6 is 0 Å². The van der Waals surface area contributed by atoms with Crippen LogP contribution in [0, 0.1) is 5.41 Å². The zero-order valence-electron chi connectivity index (χ0n) is 13.7. The second kappa shape index (κ2) is 5.98. The van der Waals surface area contributed by atoms with Gasteiger partial charge in [0, 0.05) is 24.5 Å². The number of hydrogen-bond donors (Lipinski definition) is 1. The van der Waals surface area contributed by atoms with Gasteiger partial charge in [0.05, 0.1) is 19.0 Å². The zero-order valence-corrected chi connectivity index (χ0v) is 14.5. The number of carbonyl (C=O) groups excluding carboxylic acids is 1. The second-order valence-corrected chi connectivity index (χ2v) is 9.35. The first-order valence-electron chi connectivity index (χ1n) is 7.54. The molecule has 1 atom stereocenters. The smallest absolute Gasteiger partial charge is 0.410 e. The molecular formula is C14H26N2O5S. The second-order valence-electron chi connectivity index (χ2n) is 7.59. The van der Waals surface area contributed by atoms with E-state index in [2.05, 4.69) is 4.72 Å². The van der Waals surface area contributed by atoms with E-state index in [9.17, 15) is 13.2 Å². The summed E-state index contributed by atoms with van der Waals surface area (Å²) in [5.74, 6) is 0.0585. The predicted octanol–water partition coefficient (Wildman–Crippen LogP) is 0.952. The standard InChI is InChI=1S/C14H26N2O5S/c1-13(2,3)21-12(17)16-6-5-11(7-16)15-22(18,19)10-14(4)8-20-9-14/h11,15H,5-10H2,1-4H3/t11-/m0/s1. The number of amides is 1. The van der Waals surface area contributed by atoms with Crippen molar-refractivity contribution in [1.29, 1.82) is 0 Å². The number of carbonyl (C=O) groups is 1. The predicted molar refractivity (Wildman–Crippen MR) is 82.1 cm³/mol. The van der Waals surface area contributed by atoms with Gasteiger partial charge >= 0.3 is 6.09 Å². The van der Waals surface area contributed by atoms with Gasteiger partial charge in [0.25, 0.3) is 0 Å². The topological polar surface area (TPSA) is 84.9 Å². The van der Waals surface area contributed by atoms with Crippen molar-refractivity contribution >= 4 is 16.1 Å². The van der Waals surface area contributed by atoms with Crippen LogP contribution in [0.15, 0.2) is 0 Å². The Kier molecular flexibility index (Phi) is 4.75. The van der Waals surface area contributed by atoms with Gasteiger partial charge in [0.15, 0.2) is 0 Å². The highest BCUT2D eigenvalue weighted by Crippen LogP contribution is 2.28. The lowest BCUT2D eigenvalue weighted by Crippen LogP contribution is -2.49. The van der Waals surface area contributed by atoms with Gasteiger partial charge in [0.1, 0.15) is 5.60 Å². The van der Waals surface area contributed by atoms with E-state index in [1.54, 1.807) is 4.90 Å². The van der Waals surface area contributed by atoms with Crippen molar-refractivity contribution in [3.63, 3.8) is 0 Å². The van der Waals surface area contributed by atoms with E-state index in [1.807, 2.05) is 27.7 Å². The Labute approximate surface area is 132 Å². The van der Waals surface area contributed by atoms with Gasteiger partial charge in [-0.1, -0.05) is 6.92 Å². The first kappa shape index (κ1) is 17.5. The first-order valence-corrected chi connectivity index (χ1v) is 9.19. The van der Waals surface area contributed by atoms with Gasteiger partial charge in [-0.15, -0.1) is 0 Å². The fourth-order valence-electron chi connectivity index (χ4n) is 2.64. The van der Waals surface area contributed by atoms with Gasteiger partial charge in [-0.05, 0) is 27.2 Å². The number of sulfonamides is 1. The summed E-state index contributed by atoms with van der Waals surface area (Å²) in [4.78, 5) is 13.5. The maximum atomic E-state index is 12.2. The Bertz CT molecular complexity index is 522. The van der Waals surface area contributed by atoms with E-state index in [0.29, 0.717) is 32.7 Å². The Morgan fingerprint density at radius 2 is 2.05 bits per heavy atom. The minimum Gasteiger partial charge on any atom is -0.444 e. The molecule has 0 radical (unpaired) electrons. The zero-order chi connectivity index (χ0) is 16.6. The highest BCUT2D eigenvalue weighted by Gasteiger charge is 2.39. The Morgan fingerprint density at radius 1 is 1.41 bits per heavy atom. The van der Waals surface area contributed by atoms with Gasteiger partial charge in [-0.2, -0.15) is 0 Å². The summed E-state index contributed by atoms with van der Waals surface area (Å²) < 4.78 is 37.5. The first-order chi connectivity index (χ1) is 9.98. The van der Waals surface area contributed by atoms with Crippen LogP contribution in [0.2, 0.25) is 0 Å². The molecule has 2 rings (SSSR count). The maximum Gasteiger partial charge on any atom is 0.410 e. The third-order valence-electron chi connectivity index (χ3n) is 3.63. The Morgan fingerprint density at radius 3 is 2.55 bits per heavy atom. The van der Waals surface area contributed by atoms with Crippen LogP contribution < -0.4 is 4.72 Å². The molecule has 0 unspecified atom stereocenters. The summed E-state index contributed by atoms with van der Waals surface area (Å²) in [6.45, 7) is 9.13. The van der Waals surface area contributed by atoms with Crippen molar-refractivity contribution in [1.82, 2.24) is 9.62 Å². The summed E-state index contributed by atoms with van der Waals surface area (Å²) in [6.07, 6.45) is 0.208. The van der Waals surface area contributed by atoms with Crippen molar-refractivity contribution in [3.8, 4) is 0 Å². The highest BCUT2D eigenvalue weighted by molar-refractivity contribution is 7.89. The van der Waals surface area contributed by atoms with E-state index in [4.69, 9.17) is 9.47 Å². The van der Waals surface area contributed by atoms with Crippen molar-refractivity contribution in [3.05, 3.63) is 0 Å². The molecule has 2 aliphatic rings. The van der Waals surface area contributed by atoms with E-state index in [0.717, 1.165) is 0 Å². The van der Waals surface area contributed by atoms with Gasteiger partial charge in [-0.3, -0.25) is 0 Å². The molecule has 128 valence electrons. The van der Waals surface area contributed by atoms with Crippen LogP contribution in [0.25, 0.3) is 0 Å². The van der Waals surface area contributed by atoms with Crippen molar-refractivity contribution in [2.24, 2.45) is 5.41 Å². The highest BCUT2D eigenvalue weighted by atomic mass is 32.2. The lowest BCUT2D eigenvalue weighted by molar-refractivity contribution is -0.0871. The third kappa shape index (κ3) is 4.82. The van der Waals surface area contributed by atoms with E-state index in [-0.39, 0.29) is 17.2 Å². The Balaban J connectivity index is 1.84. The monoisotopic (exact) mass is 334 g/mol. The molecule has 1 amide bonds. The Hall–Kier alpha value is -0.860. The molecule has 7 nitrogen and oxygen atoms in total. The fourth-order valence-corrected chi connectivity index (χ4v) is 4.50. The molecule has 2 aliphatic heterocycles. The summed E-state index contributed by atoms with van der Waals surface area (Å²) in [5, 5.41) is 0. The molecule has 22 heavy (non-hydrogen) atoms. The van der Waals surface area contributed by atoms with Crippen molar-refractivity contribution in [2.75, 3.05) is 32.1 Å². The number of nitrogens with one attached hydrogen (secondary N) is 1. The molecular weight excluding hydrogens is 308 g/mol. The number of rotatable bonds is 4. The van der Waals surface area contributed by atoms with Gasteiger partial charge < -0.3 is 14.4 Å². The van der Waals surface area contributed by atoms with E-state index in [1.165, 1.54) is 0 Å². The maximum absolute atomic E-state index is 12.2. The number of ether oxygens (including phenoxy) is 2. The summed E-state index contributed by atoms with van der Waals surface area (Å²) in [6, 6.07) is -0.248. The van der Waals surface area contributed by atoms with Crippen LogP contribution in [0.3, 0.4) is 0 Å². The third-order valence-corrected chi connectivity index (χ3v) is 5.40. The van der Waals surface area contributed by atoms with E-state index >= 15 is 0 Å². The molecule has 0 aliphatic carbocycles. The van der Waals surface area contributed by atoms with Crippen LogP contribution in [0.5, 0.6) is 0 Å². The van der Waals surface area contributed by atoms with Crippen LogP contribution in [-0.4, -0.2) is 63.1 Å². The molecule has 2 saturated heterocycles. The largest absolute Gasteiger partial charge is 0.444 e. The molecule has 0 aromatic heterocycles. The molecule has 0 aromatic carbocycles. The molecule has 8 heteroatoms. The molecule has 2 heterocycles. The molecule has 0 saturated carbocycles. The average Bonchev–Trinajstić information content (AvgIpc) is 2.71. The van der Waals surface area contributed by atoms with Gasteiger partial charge in [-0.25, -0.2) is 17.9 Å². The van der Waals surface area contributed by atoms with Crippen molar-refractivity contribution < 1.29 is 22.7 Å². The molecule has 0 spiro atoms. The summed E-state index contributed by atoms with van der Waals surface area (Å²) in [5.41, 5.74) is -0.844. The van der Waals surface area contributed by atoms with Gasteiger partial charge in [0.2, 0.25) is 10.0 Å². The van der Waals surface area contributed by atoms with Crippen molar-refractivity contribution in [2.45, 2.75) is 45.8 Å². The molecule has 0 aromatic rings. The SMILES string of the molecule is CC1(CS(=O)(=O)N[C@H]2CCN(C(=O)OC(C)(C)C)C2)COC1. The lowest BCUT2D eigenvalue weighted by Gasteiger charge is -2.37. The minimum atomic E-state index is -3.38. The number of hydrogen-bond acceptors (Lipinski definition) is 5. The fraction of sp³-hybridized carbons (Fsp3) is 0.929. The summed E-state index contributed by atoms with van der Waals surface area (Å²) >= 11 is 0. The van der Waals surface area contributed by atoms with Crippen LogP contribution in [-0.2, 0) is 19.5 Å². The summed E-state index contributed by atoms with van der Waals surface area (Å²) in [7, 11) is -3.38. The van der Waals surface area contributed by atoms with Crippen LogP contribution in [0.4, 0.5) is 4.79 Å². The molecule has 0 bridgehead atoms. The normalized spacial score (nSPS) is 24.9. The number of likely N-dealkylation sites (tertiary alicyclic amines) is 1.